The zero-order chi connectivity index (χ0) is 14.3. The van der Waals surface area contributed by atoms with Crippen molar-refractivity contribution in [3.8, 4) is 0 Å². The fourth-order valence-corrected chi connectivity index (χ4v) is 3.12. The van der Waals surface area contributed by atoms with Gasteiger partial charge >= 0.3 is 0 Å². The number of nitrogens with zero attached hydrogens (tertiary/aromatic N) is 4. The molecule has 0 aromatic carbocycles. The van der Waals surface area contributed by atoms with Crippen LogP contribution in [0.25, 0.3) is 11.2 Å². The Morgan fingerprint density at radius 1 is 1.55 bits per heavy atom. The van der Waals surface area contributed by atoms with Crippen molar-refractivity contribution in [2.45, 2.75) is 18.9 Å². The minimum atomic E-state index is -0.211. The van der Waals surface area contributed by atoms with Crippen LogP contribution in [-0.2, 0) is 11.2 Å². The first-order valence-corrected chi connectivity index (χ1v) is 7.78. The van der Waals surface area contributed by atoms with E-state index in [1.54, 1.807) is 11.1 Å². The molecule has 1 saturated heterocycles. The Balaban J connectivity index is 2.16. The molecule has 0 bridgehead atoms. The molecule has 3 heterocycles. The van der Waals surface area contributed by atoms with Gasteiger partial charge in [0.25, 0.3) is 0 Å². The topological polar surface area (TPSA) is 51.0 Å². The number of aromatic nitrogens is 3. The summed E-state index contributed by atoms with van der Waals surface area (Å²) in [6.07, 6.45) is 3.14. The number of rotatable bonds is 3. The van der Waals surface area contributed by atoms with Gasteiger partial charge in [-0.25, -0.2) is 9.97 Å². The van der Waals surface area contributed by atoms with Gasteiger partial charge in [-0.3, -0.25) is 9.36 Å². The third kappa shape index (κ3) is 2.20. The fourth-order valence-electron chi connectivity index (χ4n) is 2.64. The second-order valence-electron chi connectivity index (χ2n) is 4.90. The molecule has 1 atom stereocenters. The third-order valence-electron chi connectivity index (χ3n) is 3.60. The molecule has 1 aliphatic heterocycles. The normalized spacial score (nSPS) is 19.2. The smallest absolute Gasteiger partial charge is 0.245 e. The van der Waals surface area contributed by atoms with Crippen LogP contribution in [0.1, 0.15) is 18.3 Å². The van der Waals surface area contributed by atoms with Crippen LogP contribution in [-0.4, -0.2) is 44.8 Å². The first-order chi connectivity index (χ1) is 9.61. The summed E-state index contributed by atoms with van der Waals surface area (Å²) in [5, 5.41) is 0. The summed E-state index contributed by atoms with van der Waals surface area (Å²) < 4.78 is 2.83. The summed E-state index contributed by atoms with van der Waals surface area (Å²) >= 11 is 9.26. The quantitative estimate of drug-likeness (QED) is 0.793. The molecule has 1 fully saturated rings. The summed E-state index contributed by atoms with van der Waals surface area (Å²) in [6.45, 7) is 0.764. The lowest BCUT2D eigenvalue weighted by Gasteiger charge is -2.15. The Morgan fingerprint density at radius 3 is 3.00 bits per heavy atom. The van der Waals surface area contributed by atoms with E-state index in [0.717, 1.165) is 34.4 Å². The number of alkyl halides is 1. The zero-order valence-corrected chi connectivity index (χ0v) is 13.4. The highest BCUT2D eigenvalue weighted by Crippen LogP contribution is 2.29. The molecular weight excluding hydrogens is 344 g/mol. The molecule has 0 aliphatic carbocycles. The maximum absolute atomic E-state index is 12.3. The number of fused-ring (bicyclic) bond motifs is 1. The Morgan fingerprint density at radius 2 is 2.35 bits per heavy atom. The van der Waals surface area contributed by atoms with E-state index in [2.05, 4.69) is 25.9 Å². The van der Waals surface area contributed by atoms with Crippen LogP contribution in [0, 0.1) is 0 Å². The van der Waals surface area contributed by atoms with Gasteiger partial charge in [0.2, 0.25) is 5.91 Å². The van der Waals surface area contributed by atoms with Crippen LogP contribution < -0.4 is 0 Å². The molecular formula is C13H14BrClN4O. The first kappa shape index (κ1) is 13.8. The van der Waals surface area contributed by atoms with Crippen molar-refractivity contribution in [3.05, 3.63) is 22.6 Å². The van der Waals surface area contributed by atoms with Crippen molar-refractivity contribution < 1.29 is 4.79 Å². The molecule has 0 N–H and O–H groups in total. The van der Waals surface area contributed by atoms with E-state index in [1.165, 1.54) is 0 Å². The number of hydrogen-bond acceptors (Lipinski definition) is 3. The molecule has 20 heavy (non-hydrogen) atoms. The lowest BCUT2D eigenvalue weighted by molar-refractivity contribution is -0.129. The number of amides is 1. The third-order valence-corrected chi connectivity index (χ3v) is 4.22. The maximum Gasteiger partial charge on any atom is 0.245 e. The number of pyridine rings is 1. The van der Waals surface area contributed by atoms with Crippen molar-refractivity contribution >= 4 is 44.6 Å². The highest BCUT2D eigenvalue weighted by Gasteiger charge is 2.33. The molecule has 7 heteroatoms. The van der Waals surface area contributed by atoms with Gasteiger partial charge in [-0.1, -0.05) is 0 Å². The number of likely N-dealkylation sites (N-methyl/N-ethyl adjacent to an activating group) is 1. The lowest BCUT2D eigenvalue weighted by atomic mass is 10.2. The molecule has 106 valence electrons. The molecule has 5 nitrogen and oxygen atoms in total. The predicted molar refractivity (Wildman–Crippen MR) is 80.9 cm³/mol. The second kappa shape index (κ2) is 5.33. The average molecular weight is 358 g/mol. The monoisotopic (exact) mass is 356 g/mol. The van der Waals surface area contributed by atoms with Crippen molar-refractivity contribution in [1.82, 2.24) is 19.4 Å². The van der Waals surface area contributed by atoms with Gasteiger partial charge in [0.15, 0.2) is 5.65 Å². The van der Waals surface area contributed by atoms with Crippen molar-refractivity contribution in [2.24, 2.45) is 0 Å². The molecule has 0 spiro atoms. The Bertz CT molecular complexity index is 672. The molecule has 1 amide bonds. The largest absolute Gasteiger partial charge is 0.344 e. The van der Waals surface area contributed by atoms with Gasteiger partial charge in [-0.2, -0.15) is 0 Å². The van der Waals surface area contributed by atoms with Crippen LogP contribution in [0.2, 0.25) is 0 Å². The van der Waals surface area contributed by atoms with Crippen LogP contribution in [0.3, 0.4) is 0 Å². The summed E-state index contributed by atoms with van der Waals surface area (Å²) in [5.74, 6) is 1.42. The molecule has 1 unspecified atom stereocenters. The standard InChI is InChI=1S/C13H14BrClN4O/c1-18-5-3-10(13(18)20)19-11(2-4-15)17-9-6-8(14)7-16-12(9)19/h6-7,10H,2-5H2,1H3. The van der Waals surface area contributed by atoms with E-state index in [0.29, 0.717) is 12.3 Å². The summed E-state index contributed by atoms with van der Waals surface area (Å²) in [5.41, 5.74) is 1.55. The number of carbonyl (C=O) groups excluding carboxylic acids is 1. The van der Waals surface area contributed by atoms with Gasteiger partial charge in [0, 0.05) is 36.6 Å². The molecule has 2 aromatic rings. The van der Waals surface area contributed by atoms with E-state index in [-0.39, 0.29) is 11.9 Å². The van der Waals surface area contributed by atoms with E-state index in [9.17, 15) is 4.79 Å². The number of hydrogen-bond donors (Lipinski definition) is 0. The summed E-state index contributed by atoms with van der Waals surface area (Å²) in [4.78, 5) is 23.0. The van der Waals surface area contributed by atoms with E-state index >= 15 is 0 Å². The highest BCUT2D eigenvalue weighted by molar-refractivity contribution is 9.10. The molecule has 3 rings (SSSR count). The van der Waals surface area contributed by atoms with E-state index < -0.39 is 0 Å². The Kier molecular flexibility index (Phi) is 3.69. The maximum atomic E-state index is 12.3. The Hall–Kier alpha value is -1.14. The Labute approximate surface area is 130 Å². The number of aryl methyl sites for hydroxylation is 1. The summed E-state index contributed by atoms with van der Waals surface area (Å²) in [6, 6.07) is 1.71. The van der Waals surface area contributed by atoms with Gasteiger partial charge in [0.05, 0.1) is 0 Å². The van der Waals surface area contributed by atoms with Gasteiger partial charge < -0.3 is 4.90 Å². The number of halogens is 2. The van der Waals surface area contributed by atoms with Crippen molar-refractivity contribution in [1.29, 1.82) is 0 Å². The van der Waals surface area contributed by atoms with Crippen LogP contribution >= 0.6 is 27.5 Å². The highest BCUT2D eigenvalue weighted by atomic mass is 79.9. The molecule has 1 aliphatic rings. The first-order valence-electron chi connectivity index (χ1n) is 6.45. The molecule has 0 saturated carbocycles. The van der Waals surface area contributed by atoms with E-state index in [1.807, 2.05) is 17.7 Å². The van der Waals surface area contributed by atoms with Crippen molar-refractivity contribution in [2.75, 3.05) is 19.5 Å². The molecule has 2 aromatic heterocycles. The van der Waals surface area contributed by atoms with Gasteiger partial charge in [-0.15, -0.1) is 11.6 Å². The van der Waals surface area contributed by atoms with Crippen LogP contribution in [0.5, 0.6) is 0 Å². The number of carbonyl (C=O) groups is 1. The van der Waals surface area contributed by atoms with Gasteiger partial charge in [-0.05, 0) is 28.4 Å². The summed E-state index contributed by atoms with van der Waals surface area (Å²) in [7, 11) is 1.83. The van der Waals surface area contributed by atoms with E-state index in [4.69, 9.17) is 11.6 Å². The van der Waals surface area contributed by atoms with Gasteiger partial charge in [0.1, 0.15) is 17.4 Å². The van der Waals surface area contributed by atoms with Crippen LogP contribution in [0.15, 0.2) is 16.7 Å². The lowest BCUT2D eigenvalue weighted by Crippen LogP contribution is -2.25. The minimum absolute atomic E-state index is 0.116. The average Bonchev–Trinajstić information content (AvgIpc) is 2.91. The predicted octanol–water partition coefficient (Wildman–Crippen LogP) is 2.38. The van der Waals surface area contributed by atoms with Crippen LogP contribution in [0.4, 0.5) is 0 Å². The number of likely N-dealkylation sites (tertiary alicyclic amines) is 1. The minimum Gasteiger partial charge on any atom is -0.344 e. The fraction of sp³-hybridized carbons (Fsp3) is 0.462. The second-order valence-corrected chi connectivity index (χ2v) is 6.19. The molecule has 0 radical (unpaired) electrons. The zero-order valence-electron chi connectivity index (χ0n) is 11.0. The van der Waals surface area contributed by atoms with Crippen molar-refractivity contribution in [3.63, 3.8) is 0 Å². The SMILES string of the molecule is CN1CCC(n2c(CCCl)nc3cc(Br)cnc32)C1=O. The number of imidazole rings is 1.